The lowest BCUT2D eigenvalue weighted by Crippen LogP contribution is -2.47. The van der Waals surface area contributed by atoms with E-state index in [1.807, 2.05) is 7.05 Å². The summed E-state index contributed by atoms with van der Waals surface area (Å²) in [6.45, 7) is 1.76. The van der Waals surface area contributed by atoms with Gasteiger partial charge in [-0.3, -0.25) is 0 Å². The molecule has 1 fully saturated rings. The number of hydrogen-bond donors (Lipinski definition) is 1. The predicted octanol–water partition coefficient (Wildman–Crippen LogP) is 1.64. The zero-order valence-electron chi connectivity index (χ0n) is 11.7. The fourth-order valence-corrected chi connectivity index (χ4v) is 4.12. The first kappa shape index (κ1) is 15.6. The number of benzene rings is 1. The highest BCUT2D eigenvalue weighted by atomic mass is 35.5. The average Bonchev–Trinajstić information content (AvgIpc) is 2.40. The van der Waals surface area contributed by atoms with Gasteiger partial charge in [0.15, 0.2) is 0 Å². The second-order valence-electron chi connectivity index (χ2n) is 5.26. The minimum atomic E-state index is -3.53. The predicted molar refractivity (Wildman–Crippen MR) is 81.3 cm³/mol. The summed E-state index contributed by atoms with van der Waals surface area (Å²) < 4.78 is 26.7. The fourth-order valence-electron chi connectivity index (χ4n) is 2.47. The first-order chi connectivity index (χ1) is 9.32. The third-order valence-corrected chi connectivity index (χ3v) is 6.00. The van der Waals surface area contributed by atoms with Crippen LogP contribution in [0.3, 0.4) is 0 Å². The Bertz CT molecular complexity index is 591. The Kier molecular flexibility index (Phi) is 4.59. The maximum atomic E-state index is 12.6. The number of likely N-dealkylation sites (tertiary alicyclic amines) is 1. The molecule has 1 heterocycles. The highest BCUT2D eigenvalue weighted by molar-refractivity contribution is 7.89. The molecule has 0 radical (unpaired) electrons. The summed E-state index contributed by atoms with van der Waals surface area (Å²) in [4.78, 5) is 2.34. The van der Waals surface area contributed by atoms with Crippen LogP contribution in [0.1, 0.15) is 12.8 Å². The van der Waals surface area contributed by atoms with E-state index in [0.717, 1.165) is 25.9 Å². The Morgan fingerprint density at radius 3 is 2.75 bits per heavy atom. The normalized spacial score (nSPS) is 21.3. The van der Waals surface area contributed by atoms with Crippen molar-refractivity contribution in [3.8, 4) is 0 Å². The van der Waals surface area contributed by atoms with Gasteiger partial charge in [0.25, 0.3) is 0 Å². The van der Waals surface area contributed by atoms with Crippen LogP contribution in [-0.2, 0) is 10.0 Å². The van der Waals surface area contributed by atoms with Crippen molar-refractivity contribution in [3.05, 3.63) is 23.2 Å². The quantitative estimate of drug-likeness (QED) is 0.861. The zero-order valence-corrected chi connectivity index (χ0v) is 13.3. The molecule has 0 aliphatic carbocycles. The molecular weight excluding hydrogens is 298 g/mol. The number of halogens is 1. The molecule has 7 heteroatoms. The summed E-state index contributed by atoms with van der Waals surface area (Å²) in [6.07, 6.45) is 1.88. The van der Waals surface area contributed by atoms with Gasteiger partial charge in [-0.15, -0.1) is 0 Å². The molecular formula is C13H20ClN3O2S. The van der Waals surface area contributed by atoms with Crippen molar-refractivity contribution in [1.82, 2.24) is 9.21 Å². The van der Waals surface area contributed by atoms with Crippen molar-refractivity contribution in [2.75, 3.05) is 32.9 Å². The highest BCUT2D eigenvalue weighted by Gasteiger charge is 2.30. The summed E-state index contributed by atoms with van der Waals surface area (Å²) in [5.74, 6) is 0. The molecule has 1 aliphatic heterocycles. The number of anilines is 1. The largest absolute Gasteiger partial charge is 0.398 e. The third kappa shape index (κ3) is 3.09. The smallest absolute Gasteiger partial charge is 0.243 e. The summed E-state index contributed by atoms with van der Waals surface area (Å²) in [6, 6.07) is 4.43. The summed E-state index contributed by atoms with van der Waals surface area (Å²) in [7, 11) is 0.100. The zero-order chi connectivity index (χ0) is 14.9. The van der Waals surface area contributed by atoms with Crippen LogP contribution >= 0.6 is 11.6 Å². The average molecular weight is 318 g/mol. The molecule has 0 aromatic heterocycles. The molecule has 2 N–H and O–H groups in total. The van der Waals surface area contributed by atoms with E-state index >= 15 is 0 Å². The first-order valence-electron chi connectivity index (χ1n) is 6.54. The Morgan fingerprint density at radius 2 is 2.15 bits per heavy atom. The minimum absolute atomic E-state index is 0.00456. The summed E-state index contributed by atoms with van der Waals surface area (Å²) >= 11 is 5.92. The van der Waals surface area contributed by atoms with Crippen LogP contribution in [0.2, 0.25) is 5.02 Å². The van der Waals surface area contributed by atoms with E-state index in [-0.39, 0.29) is 16.0 Å². The number of likely N-dealkylation sites (N-methyl/N-ethyl adjacent to an activating group) is 2. The molecule has 5 nitrogen and oxygen atoms in total. The van der Waals surface area contributed by atoms with Crippen molar-refractivity contribution in [2.45, 2.75) is 23.8 Å². The van der Waals surface area contributed by atoms with Crippen LogP contribution in [0.4, 0.5) is 5.69 Å². The van der Waals surface area contributed by atoms with Crippen LogP contribution in [0.5, 0.6) is 0 Å². The molecule has 1 unspecified atom stereocenters. The molecule has 1 aromatic carbocycles. The number of hydrogen-bond acceptors (Lipinski definition) is 4. The summed E-state index contributed by atoms with van der Waals surface area (Å²) in [5, 5.41) is 0.264. The molecule has 0 bridgehead atoms. The second-order valence-corrected chi connectivity index (χ2v) is 7.67. The molecule has 1 saturated heterocycles. The molecule has 1 atom stereocenters. The van der Waals surface area contributed by atoms with Crippen LogP contribution in [-0.4, -0.2) is 50.8 Å². The number of sulfonamides is 1. The van der Waals surface area contributed by atoms with Crippen molar-refractivity contribution < 1.29 is 8.42 Å². The second kappa shape index (κ2) is 5.89. The number of rotatable bonds is 3. The van der Waals surface area contributed by atoms with Crippen molar-refractivity contribution in [2.24, 2.45) is 0 Å². The first-order valence-corrected chi connectivity index (χ1v) is 8.36. The van der Waals surface area contributed by atoms with E-state index in [2.05, 4.69) is 4.90 Å². The monoisotopic (exact) mass is 317 g/mol. The lowest BCUT2D eigenvalue weighted by molar-refractivity contribution is 0.187. The van der Waals surface area contributed by atoms with Gasteiger partial charge >= 0.3 is 0 Å². The van der Waals surface area contributed by atoms with E-state index in [0.29, 0.717) is 5.69 Å². The van der Waals surface area contributed by atoms with E-state index in [4.69, 9.17) is 17.3 Å². The number of nitrogens with zero attached hydrogens (tertiary/aromatic N) is 2. The van der Waals surface area contributed by atoms with Crippen molar-refractivity contribution in [3.63, 3.8) is 0 Å². The minimum Gasteiger partial charge on any atom is -0.398 e. The molecule has 2 rings (SSSR count). The third-order valence-electron chi connectivity index (χ3n) is 3.76. The number of nitrogens with two attached hydrogens (primary N) is 1. The van der Waals surface area contributed by atoms with Crippen LogP contribution in [0, 0.1) is 0 Å². The highest BCUT2D eigenvalue weighted by Crippen LogP contribution is 2.26. The molecule has 0 saturated carbocycles. The molecule has 112 valence electrons. The van der Waals surface area contributed by atoms with Crippen LogP contribution in [0.25, 0.3) is 0 Å². The maximum Gasteiger partial charge on any atom is 0.243 e. The molecule has 20 heavy (non-hydrogen) atoms. The molecule has 0 amide bonds. The lowest BCUT2D eigenvalue weighted by atomic mass is 10.1. The van der Waals surface area contributed by atoms with E-state index in [1.165, 1.54) is 22.5 Å². The van der Waals surface area contributed by atoms with Gasteiger partial charge in [-0.1, -0.05) is 11.6 Å². The van der Waals surface area contributed by atoms with Gasteiger partial charge in [-0.2, -0.15) is 4.31 Å². The number of piperidine rings is 1. The van der Waals surface area contributed by atoms with Crippen LogP contribution < -0.4 is 5.73 Å². The molecule has 1 aromatic rings. The number of nitrogen functional groups attached to an aromatic ring is 1. The molecule has 1 aliphatic rings. The Hall–Kier alpha value is -0.820. The Labute approximate surface area is 125 Å². The Balaban J connectivity index is 2.26. The SMILES string of the molecule is CN1CCCC(N(C)S(=O)(=O)c2ccc(N)c(Cl)c2)C1. The summed E-state index contributed by atoms with van der Waals surface area (Å²) in [5.41, 5.74) is 6.00. The van der Waals surface area contributed by atoms with Gasteiger partial charge in [0.1, 0.15) is 0 Å². The van der Waals surface area contributed by atoms with Gasteiger partial charge in [0.05, 0.1) is 15.6 Å². The van der Waals surface area contributed by atoms with Crippen molar-refractivity contribution >= 4 is 27.3 Å². The maximum absolute atomic E-state index is 12.6. The van der Waals surface area contributed by atoms with Crippen LogP contribution in [0.15, 0.2) is 23.1 Å². The molecule has 0 spiro atoms. The standard InChI is InChI=1S/C13H20ClN3O2S/c1-16-7-3-4-10(9-16)17(2)20(18,19)11-5-6-13(15)12(14)8-11/h5-6,8,10H,3-4,7,9,15H2,1-2H3. The Morgan fingerprint density at radius 1 is 1.45 bits per heavy atom. The van der Waals surface area contributed by atoms with Gasteiger partial charge in [0, 0.05) is 19.6 Å². The van der Waals surface area contributed by atoms with Crippen molar-refractivity contribution in [1.29, 1.82) is 0 Å². The van der Waals surface area contributed by atoms with Gasteiger partial charge < -0.3 is 10.6 Å². The van der Waals surface area contributed by atoms with Gasteiger partial charge in [-0.25, -0.2) is 8.42 Å². The van der Waals surface area contributed by atoms with Gasteiger partial charge in [0.2, 0.25) is 10.0 Å². The fraction of sp³-hybridized carbons (Fsp3) is 0.538. The lowest BCUT2D eigenvalue weighted by Gasteiger charge is -2.35. The van der Waals surface area contributed by atoms with E-state index in [9.17, 15) is 8.42 Å². The van der Waals surface area contributed by atoms with E-state index < -0.39 is 10.0 Å². The van der Waals surface area contributed by atoms with E-state index in [1.54, 1.807) is 7.05 Å². The topological polar surface area (TPSA) is 66.6 Å². The van der Waals surface area contributed by atoms with Gasteiger partial charge in [-0.05, 0) is 44.6 Å².